The Hall–Kier alpha value is -2.89. The largest absolute Gasteiger partial charge is 0.497 e. The van der Waals surface area contributed by atoms with E-state index in [9.17, 15) is 0 Å². The fraction of sp³-hybridized carbons (Fsp3) is 0.409. The molecule has 3 aromatic rings. The van der Waals surface area contributed by atoms with Crippen LogP contribution in [-0.4, -0.2) is 26.6 Å². The molecule has 3 rings (SSSR count). The maximum Gasteiger partial charge on any atom is 0.135 e. The molecule has 0 saturated heterocycles. The Morgan fingerprint density at radius 2 is 1.71 bits per heavy atom. The third-order valence-electron chi connectivity index (χ3n) is 4.73. The Morgan fingerprint density at radius 3 is 2.25 bits per heavy atom. The molecule has 0 saturated carbocycles. The summed E-state index contributed by atoms with van der Waals surface area (Å²) >= 11 is 0. The highest BCUT2D eigenvalue weighted by molar-refractivity contribution is 5.44. The molecule has 0 amide bonds. The van der Waals surface area contributed by atoms with E-state index in [2.05, 4.69) is 50.1 Å². The van der Waals surface area contributed by atoms with Gasteiger partial charge < -0.3 is 14.6 Å². The predicted molar refractivity (Wildman–Crippen MR) is 112 cm³/mol. The van der Waals surface area contributed by atoms with Crippen LogP contribution in [0.25, 0.3) is 0 Å². The molecular weight excluding hydrogens is 350 g/mol. The minimum Gasteiger partial charge on any atom is -0.497 e. The zero-order chi connectivity index (χ0) is 20.3. The molecule has 1 aromatic carbocycles. The average Bonchev–Trinajstić information content (AvgIpc) is 3.11. The van der Waals surface area contributed by atoms with Gasteiger partial charge in [-0.25, -0.2) is 15.0 Å². The van der Waals surface area contributed by atoms with E-state index in [4.69, 9.17) is 14.7 Å². The van der Waals surface area contributed by atoms with Gasteiger partial charge >= 0.3 is 0 Å². The van der Waals surface area contributed by atoms with Crippen molar-refractivity contribution in [3.63, 3.8) is 0 Å². The molecule has 1 N–H and O–H groups in total. The number of aromatic nitrogens is 4. The molecule has 0 spiro atoms. The zero-order valence-corrected chi connectivity index (χ0v) is 17.5. The summed E-state index contributed by atoms with van der Waals surface area (Å²) in [5.41, 5.74) is 2.13. The van der Waals surface area contributed by atoms with Gasteiger partial charge in [-0.05, 0) is 23.6 Å². The number of ether oxygens (including phenoxy) is 1. The van der Waals surface area contributed by atoms with E-state index in [0.29, 0.717) is 5.92 Å². The molecule has 0 aliphatic carbocycles. The average molecular weight is 380 g/mol. The van der Waals surface area contributed by atoms with E-state index in [-0.39, 0.29) is 12.0 Å². The number of imidazole rings is 1. The van der Waals surface area contributed by atoms with Crippen LogP contribution >= 0.6 is 0 Å². The summed E-state index contributed by atoms with van der Waals surface area (Å²) < 4.78 is 7.33. The first-order valence-corrected chi connectivity index (χ1v) is 9.65. The fourth-order valence-corrected chi connectivity index (χ4v) is 3.01. The first kappa shape index (κ1) is 19.9. The number of hydrogen-bond acceptors (Lipinski definition) is 5. The van der Waals surface area contributed by atoms with E-state index >= 15 is 0 Å². The second kappa shape index (κ2) is 8.42. The zero-order valence-electron chi connectivity index (χ0n) is 17.5. The first-order valence-electron chi connectivity index (χ1n) is 9.65. The van der Waals surface area contributed by atoms with Gasteiger partial charge in [-0.3, -0.25) is 0 Å². The van der Waals surface area contributed by atoms with Crippen molar-refractivity contribution in [1.29, 1.82) is 0 Å². The third-order valence-corrected chi connectivity index (χ3v) is 4.73. The Kier molecular flexibility index (Phi) is 5.97. The van der Waals surface area contributed by atoms with Gasteiger partial charge in [0.2, 0.25) is 0 Å². The summed E-state index contributed by atoms with van der Waals surface area (Å²) in [6.45, 7) is 8.53. The lowest BCUT2D eigenvalue weighted by atomic mass is 10.1. The molecular formula is C22H29N5O. The third kappa shape index (κ3) is 4.32. The fourth-order valence-electron chi connectivity index (χ4n) is 3.01. The van der Waals surface area contributed by atoms with Crippen molar-refractivity contribution in [2.24, 2.45) is 7.05 Å². The standard InChI is InChI=1S/C22H29N5O/c1-14(2)18-13-19(26-21(24-18)15(3)4)25-20(22-23-11-12-27(22)5)16-7-9-17(28-6)10-8-16/h7-15,20H,1-6H3,(H,24,25,26). The number of nitrogens with one attached hydrogen (secondary N) is 1. The monoisotopic (exact) mass is 379 g/mol. The lowest BCUT2D eigenvalue weighted by Gasteiger charge is -2.21. The van der Waals surface area contributed by atoms with Crippen molar-refractivity contribution in [2.75, 3.05) is 12.4 Å². The maximum atomic E-state index is 5.30. The van der Waals surface area contributed by atoms with Crippen molar-refractivity contribution >= 4 is 5.82 Å². The Morgan fingerprint density at radius 1 is 1.00 bits per heavy atom. The number of hydrogen-bond donors (Lipinski definition) is 1. The van der Waals surface area contributed by atoms with Crippen LogP contribution in [0.3, 0.4) is 0 Å². The minimum atomic E-state index is -0.138. The van der Waals surface area contributed by atoms with E-state index in [1.807, 2.05) is 42.2 Å². The van der Waals surface area contributed by atoms with Gasteiger partial charge in [-0.2, -0.15) is 0 Å². The van der Waals surface area contributed by atoms with Crippen LogP contribution in [0.4, 0.5) is 5.82 Å². The van der Waals surface area contributed by atoms with Crippen LogP contribution < -0.4 is 10.1 Å². The highest BCUT2D eigenvalue weighted by Gasteiger charge is 2.20. The SMILES string of the molecule is COc1ccc(C(Nc2cc(C(C)C)nc(C(C)C)n2)c2nccn2C)cc1. The first-order chi connectivity index (χ1) is 13.4. The molecule has 1 atom stereocenters. The Bertz CT molecular complexity index is 889. The summed E-state index contributed by atoms with van der Waals surface area (Å²) in [5.74, 6) is 3.99. The second-order valence-corrected chi connectivity index (χ2v) is 7.59. The van der Waals surface area contributed by atoms with Gasteiger partial charge in [0.15, 0.2) is 0 Å². The molecule has 0 aliphatic rings. The predicted octanol–water partition coefficient (Wildman–Crippen LogP) is 4.67. The number of methoxy groups -OCH3 is 1. The van der Waals surface area contributed by atoms with E-state index in [0.717, 1.165) is 34.5 Å². The molecule has 28 heavy (non-hydrogen) atoms. The van der Waals surface area contributed by atoms with Crippen molar-refractivity contribution in [3.05, 3.63) is 65.6 Å². The van der Waals surface area contributed by atoms with Gasteiger partial charge in [-0.15, -0.1) is 0 Å². The number of anilines is 1. The number of aryl methyl sites for hydroxylation is 1. The lowest BCUT2D eigenvalue weighted by Crippen LogP contribution is -2.18. The van der Waals surface area contributed by atoms with Crippen LogP contribution in [0.2, 0.25) is 0 Å². The van der Waals surface area contributed by atoms with E-state index in [1.54, 1.807) is 7.11 Å². The molecule has 1 unspecified atom stereocenters. The molecule has 6 heteroatoms. The molecule has 0 fully saturated rings. The van der Waals surface area contributed by atoms with Crippen molar-refractivity contribution in [3.8, 4) is 5.75 Å². The van der Waals surface area contributed by atoms with Crippen molar-refractivity contribution < 1.29 is 4.74 Å². The maximum absolute atomic E-state index is 5.30. The van der Waals surface area contributed by atoms with Crippen LogP contribution in [0.15, 0.2) is 42.7 Å². The number of rotatable bonds is 7. The van der Waals surface area contributed by atoms with Gasteiger partial charge in [0.25, 0.3) is 0 Å². The second-order valence-electron chi connectivity index (χ2n) is 7.59. The van der Waals surface area contributed by atoms with Gasteiger partial charge in [0.1, 0.15) is 29.3 Å². The van der Waals surface area contributed by atoms with Crippen LogP contribution in [-0.2, 0) is 7.05 Å². The summed E-state index contributed by atoms with van der Waals surface area (Å²) in [4.78, 5) is 14.1. The molecule has 148 valence electrons. The Balaban J connectivity index is 2.03. The topological polar surface area (TPSA) is 64.9 Å². The van der Waals surface area contributed by atoms with Gasteiger partial charge in [0.05, 0.1) is 7.11 Å². The molecule has 0 radical (unpaired) electrons. The van der Waals surface area contributed by atoms with Crippen molar-refractivity contribution in [2.45, 2.75) is 45.6 Å². The lowest BCUT2D eigenvalue weighted by molar-refractivity contribution is 0.414. The van der Waals surface area contributed by atoms with Crippen molar-refractivity contribution in [1.82, 2.24) is 19.5 Å². The molecule has 2 aromatic heterocycles. The normalized spacial score (nSPS) is 12.4. The Labute approximate surface area is 167 Å². The quantitative estimate of drug-likeness (QED) is 0.646. The minimum absolute atomic E-state index is 0.138. The highest BCUT2D eigenvalue weighted by atomic mass is 16.5. The number of nitrogens with zero attached hydrogens (tertiary/aromatic N) is 4. The molecule has 0 bridgehead atoms. The summed E-state index contributed by atoms with van der Waals surface area (Å²) in [6, 6.07) is 9.94. The van der Waals surface area contributed by atoms with Crippen LogP contribution in [0.5, 0.6) is 5.75 Å². The van der Waals surface area contributed by atoms with Crippen LogP contribution in [0, 0.1) is 0 Å². The summed E-state index contributed by atoms with van der Waals surface area (Å²) in [6.07, 6.45) is 3.76. The summed E-state index contributed by atoms with van der Waals surface area (Å²) in [5, 5.41) is 3.59. The molecule has 2 heterocycles. The smallest absolute Gasteiger partial charge is 0.135 e. The van der Waals surface area contributed by atoms with E-state index < -0.39 is 0 Å². The van der Waals surface area contributed by atoms with Gasteiger partial charge in [-0.1, -0.05) is 39.8 Å². The summed E-state index contributed by atoms with van der Waals surface area (Å²) in [7, 11) is 3.67. The van der Waals surface area contributed by atoms with Crippen LogP contribution in [0.1, 0.15) is 68.5 Å². The highest BCUT2D eigenvalue weighted by Crippen LogP contribution is 2.28. The molecule has 6 nitrogen and oxygen atoms in total. The van der Waals surface area contributed by atoms with Gasteiger partial charge in [0, 0.05) is 37.1 Å². The molecule has 0 aliphatic heterocycles. The number of benzene rings is 1. The van der Waals surface area contributed by atoms with E-state index in [1.165, 1.54) is 0 Å².